The summed E-state index contributed by atoms with van der Waals surface area (Å²) >= 11 is 0. The molecule has 1 heterocycles. The van der Waals surface area contributed by atoms with E-state index in [1.54, 1.807) is 0 Å². The van der Waals surface area contributed by atoms with Gasteiger partial charge in [0.1, 0.15) is 0 Å². The minimum absolute atomic E-state index is 0.0559. The van der Waals surface area contributed by atoms with E-state index in [1.165, 1.54) is 0 Å². The van der Waals surface area contributed by atoms with Crippen molar-refractivity contribution in [2.24, 2.45) is 5.92 Å². The first-order valence-corrected chi connectivity index (χ1v) is 5.63. The fourth-order valence-electron chi connectivity index (χ4n) is 1.67. The Morgan fingerprint density at radius 1 is 1.53 bits per heavy atom. The molecule has 90 valence electrons. The van der Waals surface area contributed by atoms with Crippen LogP contribution < -0.4 is 0 Å². The monoisotopic (exact) mass is 217 g/mol. The van der Waals surface area contributed by atoms with Gasteiger partial charge in [-0.3, -0.25) is 4.90 Å². The topological polar surface area (TPSA) is 52.9 Å². The highest BCUT2D eigenvalue weighted by atomic mass is 16.5. The molecule has 0 aliphatic carbocycles. The van der Waals surface area contributed by atoms with E-state index in [-0.39, 0.29) is 18.6 Å². The molecule has 0 amide bonds. The van der Waals surface area contributed by atoms with Gasteiger partial charge in [-0.1, -0.05) is 13.8 Å². The summed E-state index contributed by atoms with van der Waals surface area (Å²) in [5.41, 5.74) is -0.669. The first-order chi connectivity index (χ1) is 6.95. The van der Waals surface area contributed by atoms with E-state index in [1.807, 2.05) is 20.8 Å². The minimum Gasteiger partial charge on any atom is -0.394 e. The Labute approximate surface area is 91.8 Å². The molecule has 0 aromatic carbocycles. The maximum Gasteiger partial charge on any atom is 0.0932 e. The molecule has 0 bridgehead atoms. The largest absolute Gasteiger partial charge is 0.394 e. The molecule has 1 saturated heterocycles. The molecule has 2 atom stereocenters. The summed E-state index contributed by atoms with van der Waals surface area (Å²) in [6.07, 6.45) is -0.0956. The van der Waals surface area contributed by atoms with E-state index in [0.717, 1.165) is 6.54 Å². The number of morpholine rings is 1. The molecule has 1 aliphatic rings. The van der Waals surface area contributed by atoms with Gasteiger partial charge in [-0.2, -0.15) is 0 Å². The molecule has 15 heavy (non-hydrogen) atoms. The third-order valence-electron chi connectivity index (χ3n) is 3.21. The quantitative estimate of drug-likeness (QED) is 0.700. The van der Waals surface area contributed by atoms with Crippen LogP contribution in [0.3, 0.4) is 0 Å². The lowest BCUT2D eigenvalue weighted by Crippen LogP contribution is -2.51. The van der Waals surface area contributed by atoms with E-state index in [0.29, 0.717) is 19.7 Å². The van der Waals surface area contributed by atoms with Gasteiger partial charge < -0.3 is 14.9 Å². The maximum absolute atomic E-state index is 10.2. The number of nitrogens with zero attached hydrogens (tertiary/aromatic N) is 1. The molecule has 0 aromatic rings. The van der Waals surface area contributed by atoms with Gasteiger partial charge in [0.15, 0.2) is 0 Å². The van der Waals surface area contributed by atoms with Crippen LogP contribution >= 0.6 is 0 Å². The van der Waals surface area contributed by atoms with Crippen LogP contribution in [-0.4, -0.2) is 59.7 Å². The molecule has 0 spiro atoms. The normalized spacial score (nSPS) is 28.0. The first-order valence-electron chi connectivity index (χ1n) is 5.63. The summed E-state index contributed by atoms with van der Waals surface area (Å²) < 4.78 is 5.36. The second-order valence-corrected chi connectivity index (χ2v) is 4.92. The third-order valence-corrected chi connectivity index (χ3v) is 3.21. The van der Waals surface area contributed by atoms with E-state index in [2.05, 4.69) is 4.90 Å². The van der Waals surface area contributed by atoms with Crippen molar-refractivity contribution in [3.63, 3.8) is 0 Å². The molecular weight excluding hydrogens is 194 g/mol. The molecule has 0 radical (unpaired) electrons. The van der Waals surface area contributed by atoms with Crippen molar-refractivity contribution in [3.05, 3.63) is 0 Å². The summed E-state index contributed by atoms with van der Waals surface area (Å²) in [5, 5.41) is 19.2. The van der Waals surface area contributed by atoms with Gasteiger partial charge in [0.2, 0.25) is 0 Å². The van der Waals surface area contributed by atoms with E-state index < -0.39 is 5.60 Å². The Kier molecular flexibility index (Phi) is 4.52. The van der Waals surface area contributed by atoms with Crippen LogP contribution in [0.15, 0.2) is 0 Å². The fourth-order valence-corrected chi connectivity index (χ4v) is 1.67. The van der Waals surface area contributed by atoms with Crippen molar-refractivity contribution in [1.82, 2.24) is 4.90 Å². The summed E-state index contributed by atoms with van der Waals surface area (Å²) in [6.45, 7) is 8.78. The third kappa shape index (κ3) is 3.72. The molecule has 1 fully saturated rings. The van der Waals surface area contributed by atoms with Crippen LogP contribution in [0.4, 0.5) is 0 Å². The maximum atomic E-state index is 10.2. The highest BCUT2D eigenvalue weighted by molar-refractivity contribution is 4.83. The Hall–Kier alpha value is -0.160. The van der Waals surface area contributed by atoms with E-state index in [4.69, 9.17) is 9.84 Å². The van der Waals surface area contributed by atoms with Gasteiger partial charge in [-0.05, 0) is 12.8 Å². The van der Waals surface area contributed by atoms with Crippen LogP contribution in [0.25, 0.3) is 0 Å². The van der Waals surface area contributed by atoms with Gasteiger partial charge in [-0.15, -0.1) is 0 Å². The number of ether oxygens (including phenoxy) is 1. The summed E-state index contributed by atoms with van der Waals surface area (Å²) in [5.74, 6) is 0.230. The second kappa shape index (κ2) is 5.25. The van der Waals surface area contributed by atoms with Crippen LogP contribution in [0.1, 0.15) is 20.8 Å². The van der Waals surface area contributed by atoms with E-state index >= 15 is 0 Å². The molecule has 1 rings (SSSR count). The zero-order valence-electron chi connectivity index (χ0n) is 9.94. The molecule has 0 saturated carbocycles. The number of hydrogen-bond acceptors (Lipinski definition) is 4. The van der Waals surface area contributed by atoms with Crippen molar-refractivity contribution in [2.45, 2.75) is 32.5 Å². The van der Waals surface area contributed by atoms with Gasteiger partial charge >= 0.3 is 0 Å². The van der Waals surface area contributed by atoms with E-state index in [9.17, 15) is 5.11 Å². The smallest absolute Gasteiger partial charge is 0.0932 e. The number of hydrogen-bond donors (Lipinski definition) is 2. The van der Waals surface area contributed by atoms with Gasteiger partial charge in [-0.25, -0.2) is 0 Å². The zero-order chi connectivity index (χ0) is 11.5. The van der Waals surface area contributed by atoms with Crippen LogP contribution in [0, 0.1) is 5.92 Å². The van der Waals surface area contributed by atoms with Crippen molar-refractivity contribution < 1.29 is 14.9 Å². The molecule has 2 unspecified atom stereocenters. The Balaban J connectivity index is 2.44. The van der Waals surface area contributed by atoms with Crippen LogP contribution in [0.5, 0.6) is 0 Å². The molecule has 0 aromatic heterocycles. The summed E-state index contributed by atoms with van der Waals surface area (Å²) in [7, 11) is 0. The van der Waals surface area contributed by atoms with Crippen molar-refractivity contribution in [2.75, 3.05) is 32.8 Å². The number of aliphatic hydroxyl groups is 2. The van der Waals surface area contributed by atoms with Crippen LogP contribution in [0.2, 0.25) is 0 Å². The average Bonchev–Trinajstić information content (AvgIpc) is 2.17. The molecule has 4 nitrogen and oxygen atoms in total. The average molecular weight is 217 g/mol. The SMILES string of the molecule is CC(C)C(C)(O)CN1CCOC(CO)C1. The molecule has 4 heteroatoms. The van der Waals surface area contributed by atoms with Gasteiger partial charge in [0, 0.05) is 19.6 Å². The second-order valence-electron chi connectivity index (χ2n) is 4.92. The van der Waals surface area contributed by atoms with Crippen molar-refractivity contribution >= 4 is 0 Å². The molecule has 2 N–H and O–H groups in total. The summed E-state index contributed by atoms with van der Waals surface area (Å²) in [4.78, 5) is 2.16. The van der Waals surface area contributed by atoms with Gasteiger partial charge in [0.05, 0.1) is 24.9 Å². The lowest BCUT2D eigenvalue weighted by Gasteiger charge is -2.38. The Bertz CT molecular complexity index is 194. The van der Waals surface area contributed by atoms with Crippen molar-refractivity contribution in [1.29, 1.82) is 0 Å². The van der Waals surface area contributed by atoms with Gasteiger partial charge in [0.25, 0.3) is 0 Å². The fraction of sp³-hybridized carbons (Fsp3) is 1.00. The summed E-state index contributed by atoms with van der Waals surface area (Å²) in [6, 6.07) is 0. The predicted molar refractivity (Wildman–Crippen MR) is 58.7 cm³/mol. The van der Waals surface area contributed by atoms with Crippen molar-refractivity contribution in [3.8, 4) is 0 Å². The number of rotatable bonds is 4. The lowest BCUT2D eigenvalue weighted by molar-refractivity contribution is -0.0849. The Morgan fingerprint density at radius 2 is 2.20 bits per heavy atom. The number of β-amino-alcohol motifs (C(OH)–C–C–N with tert-alkyl or cyclic N) is 1. The minimum atomic E-state index is -0.669. The Morgan fingerprint density at radius 3 is 2.73 bits per heavy atom. The number of aliphatic hydroxyl groups excluding tert-OH is 1. The van der Waals surface area contributed by atoms with Crippen LogP contribution in [-0.2, 0) is 4.74 Å². The molecular formula is C11H23NO3. The molecule has 1 aliphatic heterocycles. The highest BCUT2D eigenvalue weighted by Gasteiger charge is 2.30. The zero-order valence-corrected chi connectivity index (χ0v) is 9.94. The first kappa shape index (κ1) is 12.9. The predicted octanol–water partition coefficient (Wildman–Crippen LogP) is 0.0865. The standard InChI is InChI=1S/C11H23NO3/c1-9(2)11(3,14)8-12-4-5-15-10(6-12)7-13/h9-10,13-14H,4-8H2,1-3H3. The highest BCUT2D eigenvalue weighted by Crippen LogP contribution is 2.19. The lowest BCUT2D eigenvalue weighted by atomic mass is 9.92.